The Morgan fingerprint density at radius 2 is 1.88 bits per heavy atom. The van der Waals surface area contributed by atoms with Gasteiger partial charge in [-0.05, 0) is 44.9 Å². The molecule has 0 amide bonds. The molecule has 1 aliphatic carbocycles. The fourth-order valence-corrected chi connectivity index (χ4v) is 3.33. The van der Waals surface area contributed by atoms with Crippen LogP contribution in [-0.4, -0.2) is 17.1 Å². The number of hydrogen-bond donors (Lipinski definition) is 0. The maximum absolute atomic E-state index is 6.35. The van der Waals surface area contributed by atoms with Crippen molar-refractivity contribution in [3.63, 3.8) is 0 Å². The lowest BCUT2D eigenvalue weighted by Gasteiger charge is -2.33. The third-order valence-electron chi connectivity index (χ3n) is 4.52. The first-order valence-electron chi connectivity index (χ1n) is 6.93. The fourth-order valence-electron chi connectivity index (χ4n) is 3.23. The van der Waals surface area contributed by atoms with Gasteiger partial charge in [0.2, 0.25) is 0 Å². The highest BCUT2D eigenvalue weighted by atomic mass is 35.5. The van der Waals surface area contributed by atoms with Crippen LogP contribution < -0.4 is 0 Å². The van der Waals surface area contributed by atoms with E-state index in [2.05, 4.69) is 13.8 Å². The van der Waals surface area contributed by atoms with Crippen LogP contribution in [-0.2, 0) is 4.74 Å². The Morgan fingerprint density at radius 3 is 2.50 bits per heavy atom. The van der Waals surface area contributed by atoms with Crippen LogP contribution in [0.4, 0.5) is 0 Å². The van der Waals surface area contributed by atoms with Gasteiger partial charge >= 0.3 is 0 Å². The molecule has 2 heteroatoms. The Bertz CT molecular complexity index is 221. The van der Waals surface area contributed by atoms with Crippen molar-refractivity contribution in [2.24, 2.45) is 5.92 Å². The first-order valence-corrected chi connectivity index (χ1v) is 7.37. The summed E-state index contributed by atoms with van der Waals surface area (Å²) in [5.41, 5.74) is 0.276. The third-order valence-corrected chi connectivity index (χ3v) is 4.95. The van der Waals surface area contributed by atoms with E-state index in [-0.39, 0.29) is 11.0 Å². The summed E-state index contributed by atoms with van der Waals surface area (Å²) in [6.45, 7) is 4.34. The number of rotatable bonds is 3. The van der Waals surface area contributed by atoms with Crippen molar-refractivity contribution < 1.29 is 4.74 Å². The third kappa shape index (κ3) is 2.92. The Labute approximate surface area is 105 Å². The van der Waals surface area contributed by atoms with E-state index in [4.69, 9.17) is 16.3 Å². The molecule has 2 rings (SSSR count). The molecule has 0 aromatic carbocycles. The quantitative estimate of drug-likeness (QED) is 0.664. The predicted molar refractivity (Wildman–Crippen MR) is 69.0 cm³/mol. The molecule has 1 heterocycles. The second-order valence-electron chi connectivity index (χ2n) is 5.91. The number of hydrogen-bond acceptors (Lipinski definition) is 1. The highest BCUT2D eigenvalue weighted by molar-refractivity contribution is 6.20. The van der Waals surface area contributed by atoms with Gasteiger partial charge in [-0.25, -0.2) is 0 Å². The lowest BCUT2D eigenvalue weighted by molar-refractivity contribution is -0.0692. The van der Waals surface area contributed by atoms with Crippen molar-refractivity contribution >= 4 is 11.6 Å². The van der Waals surface area contributed by atoms with Crippen molar-refractivity contribution in [1.82, 2.24) is 0 Å². The summed E-state index contributed by atoms with van der Waals surface area (Å²) in [5, 5.41) is 0.270. The van der Waals surface area contributed by atoms with Gasteiger partial charge in [-0.15, -0.1) is 11.6 Å². The summed E-state index contributed by atoms with van der Waals surface area (Å²) in [6.07, 6.45) is 10.9. The Kier molecular flexibility index (Phi) is 4.18. The molecule has 0 aromatic rings. The van der Waals surface area contributed by atoms with Crippen LogP contribution in [0.2, 0.25) is 0 Å². The second kappa shape index (κ2) is 5.27. The molecular formula is C14H25ClO. The van der Waals surface area contributed by atoms with E-state index in [0.29, 0.717) is 12.0 Å². The van der Waals surface area contributed by atoms with Crippen molar-refractivity contribution in [1.29, 1.82) is 0 Å². The lowest BCUT2D eigenvalue weighted by atomic mass is 9.83. The summed E-state index contributed by atoms with van der Waals surface area (Å²) in [7, 11) is 0. The fraction of sp³-hybridized carbons (Fsp3) is 1.00. The van der Waals surface area contributed by atoms with Gasteiger partial charge in [0.25, 0.3) is 0 Å². The van der Waals surface area contributed by atoms with Crippen molar-refractivity contribution in [2.45, 2.75) is 82.3 Å². The van der Waals surface area contributed by atoms with E-state index in [1.165, 1.54) is 44.9 Å². The molecule has 3 atom stereocenters. The summed E-state index contributed by atoms with van der Waals surface area (Å²) in [6, 6.07) is 0. The summed E-state index contributed by atoms with van der Waals surface area (Å²) < 4.78 is 6.35. The molecule has 2 fully saturated rings. The largest absolute Gasteiger partial charge is 0.372 e. The minimum atomic E-state index is 0.270. The molecule has 2 aliphatic rings. The van der Waals surface area contributed by atoms with E-state index in [1.807, 2.05) is 0 Å². The zero-order valence-corrected chi connectivity index (χ0v) is 11.4. The zero-order valence-electron chi connectivity index (χ0n) is 10.7. The minimum absolute atomic E-state index is 0.270. The molecule has 1 aliphatic heterocycles. The normalized spacial score (nSPS) is 32.8. The zero-order chi connectivity index (χ0) is 11.6. The first kappa shape index (κ1) is 12.7. The van der Waals surface area contributed by atoms with Crippen LogP contribution in [0.25, 0.3) is 0 Å². The van der Waals surface area contributed by atoms with Gasteiger partial charge in [-0.1, -0.05) is 26.2 Å². The van der Waals surface area contributed by atoms with Crippen LogP contribution in [0, 0.1) is 5.92 Å². The van der Waals surface area contributed by atoms with E-state index in [1.54, 1.807) is 0 Å². The number of ether oxygens (including phenoxy) is 1. The van der Waals surface area contributed by atoms with Crippen LogP contribution >= 0.6 is 11.6 Å². The van der Waals surface area contributed by atoms with Crippen LogP contribution in [0.1, 0.15) is 65.2 Å². The summed E-state index contributed by atoms with van der Waals surface area (Å²) >= 11 is 6.13. The van der Waals surface area contributed by atoms with Gasteiger partial charge < -0.3 is 4.74 Å². The van der Waals surface area contributed by atoms with E-state index < -0.39 is 0 Å². The van der Waals surface area contributed by atoms with E-state index >= 15 is 0 Å². The predicted octanol–water partition coefficient (Wildman–Crippen LogP) is 4.52. The van der Waals surface area contributed by atoms with Crippen molar-refractivity contribution in [2.75, 3.05) is 0 Å². The van der Waals surface area contributed by atoms with Crippen molar-refractivity contribution in [3.05, 3.63) is 0 Å². The molecule has 1 nitrogen and oxygen atoms in total. The summed E-state index contributed by atoms with van der Waals surface area (Å²) in [5.74, 6) is 0.574. The van der Waals surface area contributed by atoms with Gasteiger partial charge in [0.1, 0.15) is 0 Å². The molecule has 0 N–H and O–H groups in total. The molecule has 0 radical (unpaired) electrons. The highest BCUT2D eigenvalue weighted by Crippen LogP contribution is 2.43. The molecule has 1 spiro atoms. The molecule has 0 aromatic heterocycles. The molecule has 16 heavy (non-hydrogen) atoms. The highest BCUT2D eigenvalue weighted by Gasteiger charge is 2.41. The van der Waals surface area contributed by atoms with Crippen LogP contribution in [0.5, 0.6) is 0 Å². The average Bonchev–Trinajstić information content (AvgIpc) is 2.62. The second-order valence-corrected chi connectivity index (χ2v) is 6.60. The molecule has 0 bridgehead atoms. The Morgan fingerprint density at radius 1 is 1.19 bits per heavy atom. The average molecular weight is 245 g/mol. The molecule has 1 saturated heterocycles. The minimum Gasteiger partial charge on any atom is -0.372 e. The topological polar surface area (TPSA) is 9.23 Å². The van der Waals surface area contributed by atoms with Gasteiger partial charge in [0.15, 0.2) is 0 Å². The first-order chi connectivity index (χ1) is 7.61. The smallest absolute Gasteiger partial charge is 0.0687 e. The Hall–Kier alpha value is 0.250. The Balaban J connectivity index is 1.83. The number of halogens is 1. The lowest BCUT2D eigenvalue weighted by Crippen LogP contribution is -2.32. The maximum atomic E-state index is 6.35. The number of alkyl halides is 1. The molecule has 3 unspecified atom stereocenters. The SMILES string of the molecule is CC(Cl)C(C)CC1CCC2(CCCCC2)O1. The monoisotopic (exact) mass is 244 g/mol. The van der Waals surface area contributed by atoms with Gasteiger partial charge in [0, 0.05) is 5.38 Å². The molecule has 94 valence electrons. The van der Waals surface area contributed by atoms with Crippen molar-refractivity contribution in [3.8, 4) is 0 Å². The van der Waals surface area contributed by atoms with E-state index in [0.717, 1.165) is 6.42 Å². The molecular weight excluding hydrogens is 220 g/mol. The van der Waals surface area contributed by atoms with Crippen LogP contribution in [0.15, 0.2) is 0 Å². The van der Waals surface area contributed by atoms with Crippen LogP contribution in [0.3, 0.4) is 0 Å². The van der Waals surface area contributed by atoms with Gasteiger partial charge in [0.05, 0.1) is 11.7 Å². The van der Waals surface area contributed by atoms with Gasteiger partial charge in [-0.3, -0.25) is 0 Å². The molecule has 1 saturated carbocycles. The van der Waals surface area contributed by atoms with E-state index in [9.17, 15) is 0 Å². The van der Waals surface area contributed by atoms with Gasteiger partial charge in [-0.2, -0.15) is 0 Å². The standard InChI is InChI=1S/C14H25ClO/c1-11(12(2)15)10-13-6-9-14(16-13)7-4-3-5-8-14/h11-13H,3-10H2,1-2H3. The maximum Gasteiger partial charge on any atom is 0.0687 e. The summed E-state index contributed by atoms with van der Waals surface area (Å²) in [4.78, 5) is 0.